The topological polar surface area (TPSA) is 81.5 Å². The minimum atomic E-state index is -0.217. The minimum Gasteiger partial charge on any atom is -0.481 e. The number of carbonyl (C=O) groups is 1. The fourth-order valence-corrected chi connectivity index (χ4v) is 4.39. The molecule has 2 aliphatic rings. The van der Waals surface area contributed by atoms with Crippen molar-refractivity contribution >= 4 is 5.97 Å². The molecular formula is C23H25N5O3. The summed E-state index contributed by atoms with van der Waals surface area (Å²) in [6.07, 6.45) is 5.60. The highest BCUT2D eigenvalue weighted by molar-refractivity contribution is 5.94. The van der Waals surface area contributed by atoms with Crippen LogP contribution in [0.4, 0.5) is 0 Å². The molecule has 0 aliphatic carbocycles. The first-order chi connectivity index (χ1) is 15.1. The van der Waals surface area contributed by atoms with Crippen molar-refractivity contribution in [2.24, 2.45) is 0 Å². The standard InChI is InChI=1S/C23H25N5O3/c1-15-18(3-4-19-20(15)13-31-23(19)29)21-12-27(8-7-24-21)10-16-11-28(14-26-16)17-5-6-25-22(9-17)30-2/h3-6,9,11,14,21,24H,7-8,10,12-13H2,1-2H3/t21-/m0/s1. The zero-order valence-corrected chi connectivity index (χ0v) is 17.7. The highest BCUT2D eigenvalue weighted by Crippen LogP contribution is 2.30. The van der Waals surface area contributed by atoms with Crippen molar-refractivity contribution in [1.29, 1.82) is 0 Å². The monoisotopic (exact) mass is 419 g/mol. The van der Waals surface area contributed by atoms with E-state index < -0.39 is 0 Å². The quantitative estimate of drug-likeness (QED) is 0.636. The van der Waals surface area contributed by atoms with Gasteiger partial charge in [-0.05, 0) is 30.2 Å². The number of methoxy groups -OCH3 is 1. The van der Waals surface area contributed by atoms with Crippen molar-refractivity contribution in [1.82, 2.24) is 24.8 Å². The van der Waals surface area contributed by atoms with Gasteiger partial charge in [-0.15, -0.1) is 0 Å². The summed E-state index contributed by atoms with van der Waals surface area (Å²) in [4.78, 5) is 23.0. The third kappa shape index (κ3) is 3.80. The van der Waals surface area contributed by atoms with Crippen LogP contribution in [-0.2, 0) is 17.9 Å². The number of esters is 1. The van der Waals surface area contributed by atoms with Crippen LogP contribution in [0, 0.1) is 6.92 Å². The third-order valence-corrected chi connectivity index (χ3v) is 6.09. The summed E-state index contributed by atoms with van der Waals surface area (Å²) in [5.41, 5.74) is 6.09. The average Bonchev–Trinajstić information content (AvgIpc) is 3.42. The van der Waals surface area contributed by atoms with Crippen LogP contribution in [0.3, 0.4) is 0 Å². The molecule has 0 amide bonds. The molecule has 3 aromatic rings. The van der Waals surface area contributed by atoms with Gasteiger partial charge in [0, 0.05) is 56.2 Å². The number of fused-ring (bicyclic) bond motifs is 1. The van der Waals surface area contributed by atoms with Crippen molar-refractivity contribution in [3.63, 3.8) is 0 Å². The van der Waals surface area contributed by atoms with E-state index in [0.717, 1.165) is 48.7 Å². The number of hydrogen-bond acceptors (Lipinski definition) is 7. The number of ether oxygens (including phenoxy) is 2. The van der Waals surface area contributed by atoms with E-state index in [2.05, 4.69) is 39.4 Å². The molecule has 8 heteroatoms. The van der Waals surface area contributed by atoms with Gasteiger partial charge in [-0.1, -0.05) is 6.07 Å². The Hall–Kier alpha value is -3.23. The number of pyridine rings is 1. The fraction of sp³-hybridized carbons (Fsp3) is 0.348. The SMILES string of the molecule is COc1cc(-n2cnc(CN3CCN[C@H](c4ccc5c(c4C)COC5=O)C3)c2)ccn1. The van der Waals surface area contributed by atoms with E-state index in [0.29, 0.717) is 18.1 Å². The Morgan fingerprint density at radius 3 is 3.06 bits per heavy atom. The second-order valence-corrected chi connectivity index (χ2v) is 7.95. The van der Waals surface area contributed by atoms with Crippen LogP contribution < -0.4 is 10.1 Å². The molecule has 31 heavy (non-hydrogen) atoms. The molecule has 160 valence electrons. The van der Waals surface area contributed by atoms with E-state index in [1.807, 2.05) is 29.1 Å². The summed E-state index contributed by atoms with van der Waals surface area (Å²) < 4.78 is 12.4. The van der Waals surface area contributed by atoms with Gasteiger partial charge in [0.05, 0.1) is 30.4 Å². The smallest absolute Gasteiger partial charge is 0.338 e. The molecule has 2 aromatic heterocycles. The van der Waals surface area contributed by atoms with Gasteiger partial charge < -0.3 is 19.4 Å². The zero-order valence-electron chi connectivity index (χ0n) is 17.7. The van der Waals surface area contributed by atoms with Gasteiger partial charge in [-0.3, -0.25) is 4.90 Å². The molecule has 0 radical (unpaired) electrons. The lowest BCUT2D eigenvalue weighted by Crippen LogP contribution is -2.45. The number of imidazole rings is 1. The van der Waals surface area contributed by atoms with E-state index in [1.165, 1.54) is 5.56 Å². The number of nitrogens with one attached hydrogen (secondary N) is 1. The lowest BCUT2D eigenvalue weighted by Gasteiger charge is -2.34. The van der Waals surface area contributed by atoms with E-state index in [1.54, 1.807) is 13.3 Å². The first-order valence-corrected chi connectivity index (χ1v) is 10.4. The number of cyclic esters (lactones) is 1. The summed E-state index contributed by atoms with van der Waals surface area (Å²) in [7, 11) is 1.61. The molecule has 4 heterocycles. The van der Waals surface area contributed by atoms with Gasteiger partial charge in [0.15, 0.2) is 0 Å². The predicted octanol–water partition coefficient (Wildman–Crippen LogP) is 2.40. The fourth-order valence-electron chi connectivity index (χ4n) is 4.39. The van der Waals surface area contributed by atoms with Crippen LogP contribution in [0.25, 0.3) is 5.69 Å². The lowest BCUT2D eigenvalue weighted by molar-refractivity contribution is 0.0535. The Bertz CT molecular complexity index is 1130. The van der Waals surface area contributed by atoms with Crippen LogP contribution >= 0.6 is 0 Å². The normalized spacial score (nSPS) is 18.6. The Kier molecular flexibility index (Phi) is 5.17. The molecule has 0 spiro atoms. The molecule has 5 rings (SSSR count). The lowest BCUT2D eigenvalue weighted by atomic mass is 9.93. The van der Waals surface area contributed by atoms with Crippen molar-refractivity contribution in [3.05, 3.63) is 70.9 Å². The van der Waals surface area contributed by atoms with E-state index in [-0.39, 0.29) is 12.0 Å². The third-order valence-electron chi connectivity index (χ3n) is 6.09. The highest BCUT2D eigenvalue weighted by atomic mass is 16.5. The summed E-state index contributed by atoms with van der Waals surface area (Å²) in [6, 6.07) is 7.99. The Balaban J connectivity index is 1.30. The first kappa shape index (κ1) is 19.7. The van der Waals surface area contributed by atoms with Gasteiger partial charge >= 0.3 is 5.97 Å². The maximum absolute atomic E-state index is 11.8. The molecule has 1 N–H and O–H groups in total. The predicted molar refractivity (Wildman–Crippen MR) is 114 cm³/mol. The number of carbonyl (C=O) groups excluding carboxylic acids is 1. The van der Waals surface area contributed by atoms with Gasteiger partial charge in [0.2, 0.25) is 5.88 Å². The van der Waals surface area contributed by atoms with E-state index in [4.69, 9.17) is 9.47 Å². The second-order valence-electron chi connectivity index (χ2n) is 7.95. The maximum atomic E-state index is 11.8. The first-order valence-electron chi connectivity index (χ1n) is 10.4. The largest absolute Gasteiger partial charge is 0.481 e. The highest BCUT2D eigenvalue weighted by Gasteiger charge is 2.28. The van der Waals surface area contributed by atoms with Crippen molar-refractivity contribution in [3.8, 4) is 11.6 Å². The van der Waals surface area contributed by atoms with Gasteiger partial charge in [-0.25, -0.2) is 14.8 Å². The Morgan fingerprint density at radius 2 is 2.19 bits per heavy atom. The van der Waals surface area contributed by atoms with Gasteiger partial charge in [0.25, 0.3) is 0 Å². The van der Waals surface area contributed by atoms with Crippen molar-refractivity contribution in [2.45, 2.75) is 26.1 Å². The van der Waals surface area contributed by atoms with Gasteiger partial charge in [-0.2, -0.15) is 0 Å². The van der Waals surface area contributed by atoms with Crippen LogP contribution in [-0.4, -0.2) is 52.1 Å². The number of piperazine rings is 1. The molecule has 1 aromatic carbocycles. The van der Waals surface area contributed by atoms with Gasteiger partial charge in [0.1, 0.15) is 6.61 Å². The summed E-state index contributed by atoms with van der Waals surface area (Å²) in [6.45, 7) is 5.98. The summed E-state index contributed by atoms with van der Waals surface area (Å²) >= 11 is 0. The van der Waals surface area contributed by atoms with E-state index >= 15 is 0 Å². The van der Waals surface area contributed by atoms with Crippen LogP contribution in [0.2, 0.25) is 0 Å². The molecule has 1 fully saturated rings. The molecule has 8 nitrogen and oxygen atoms in total. The average molecular weight is 419 g/mol. The minimum absolute atomic E-state index is 0.210. The number of nitrogens with zero attached hydrogens (tertiary/aromatic N) is 4. The number of aromatic nitrogens is 3. The molecule has 2 aliphatic heterocycles. The van der Waals surface area contributed by atoms with Crippen molar-refractivity contribution < 1.29 is 14.3 Å². The van der Waals surface area contributed by atoms with E-state index in [9.17, 15) is 4.79 Å². The summed E-state index contributed by atoms with van der Waals surface area (Å²) in [5.74, 6) is 0.361. The molecular weight excluding hydrogens is 394 g/mol. The second kappa shape index (κ2) is 8.13. The Labute approximate surface area is 180 Å². The number of rotatable bonds is 5. The molecule has 0 saturated carbocycles. The Morgan fingerprint density at radius 1 is 1.29 bits per heavy atom. The zero-order chi connectivity index (χ0) is 21.4. The van der Waals surface area contributed by atoms with Crippen LogP contribution in [0.1, 0.15) is 38.8 Å². The summed E-state index contributed by atoms with van der Waals surface area (Å²) in [5, 5.41) is 3.62. The molecule has 0 bridgehead atoms. The molecule has 1 saturated heterocycles. The number of benzene rings is 1. The number of hydrogen-bond donors (Lipinski definition) is 1. The molecule has 1 atom stereocenters. The maximum Gasteiger partial charge on any atom is 0.338 e. The molecule has 0 unspecified atom stereocenters. The van der Waals surface area contributed by atoms with Crippen LogP contribution in [0.15, 0.2) is 43.0 Å². The van der Waals surface area contributed by atoms with Crippen molar-refractivity contribution in [2.75, 3.05) is 26.7 Å². The van der Waals surface area contributed by atoms with Crippen LogP contribution in [0.5, 0.6) is 5.88 Å².